The van der Waals surface area contributed by atoms with Crippen LogP contribution in [0.2, 0.25) is 0 Å². The number of hydrogen-bond donors (Lipinski definition) is 1. The van der Waals surface area contributed by atoms with Crippen molar-refractivity contribution >= 4 is 0 Å². The monoisotopic (exact) mass is 259 g/mol. The summed E-state index contributed by atoms with van der Waals surface area (Å²) in [6, 6.07) is 8.22. The summed E-state index contributed by atoms with van der Waals surface area (Å²) in [5.74, 6) is 0.892. The van der Waals surface area contributed by atoms with Gasteiger partial charge >= 0.3 is 0 Å². The maximum atomic E-state index is 5.71. The zero-order valence-corrected chi connectivity index (χ0v) is 11.6. The minimum absolute atomic E-state index is 0.557. The molecular weight excluding hydrogens is 238 g/mol. The lowest BCUT2D eigenvalue weighted by atomic mass is 10.2. The zero-order valence-electron chi connectivity index (χ0n) is 11.6. The Morgan fingerprint density at radius 2 is 2.00 bits per heavy atom. The van der Waals surface area contributed by atoms with Crippen molar-refractivity contribution in [1.82, 2.24) is 15.1 Å². The average molecular weight is 259 g/mol. The number of aryl methyl sites for hydroxylation is 1. The molecule has 0 amide bonds. The smallest absolute Gasteiger partial charge is 0.119 e. The fourth-order valence-electron chi connectivity index (χ4n) is 1.83. The van der Waals surface area contributed by atoms with Crippen LogP contribution in [-0.4, -0.2) is 16.3 Å². The fraction of sp³-hybridized carbons (Fsp3) is 0.400. The summed E-state index contributed by atoms with van der Waals surface area (Å²) in [6.07, 6.45) is 4.94. The van der Waals surface area contributed by atoms with Crippen LogP contribution in [0.1, 0.15) is 24.5 Å². The second-order valence-electron chi connectivity index (χ2n) is 4.63. The van der Waals surface area contributed by atoms with Crippen LogP contribution in [0.25, 0.3) is 0 Å². The summed E-state index contributed by atoms with van der Waals surface area (Å²) in [5.41, 5.74) is 2.36. The van der Waals surface area contributed by atoms with Gasteiger partial charge in [0.25, 0.3) is 0 Å². The van der Waals surface area contributed by atoms with Gasteiger partial charge in [0.2, 0.25) is 0 Å². The predicted octanol–water partition coefficient (Wildman–Crippen LogP) is 2.50. The predicted molar refractivity (Wildman–Crippen MR) is 76.0 cm³/mol. The summed E-state index contributed by atoms with van der Waals surface area (Å²) >= 11 is 0. The van der Waals surface area contributed by atoms with Crippen molar-refractivity contribution in [2.75, 3.05) is 6.54 Å². The summed E-state index contributed by atoms with van der Waals surface area (Å²) < 4.78 is 7.49. The normalized spacial score (nSPS) is 10.6. The number of benzene rings is 1. The molecule has 0 saturated heterocycles. The van der Waals surface area contributed by atoms with Gasteiger partial charge in [0.15, 0.2) is 0 Å². The fourth-order valence-corrected chi connectivity index (χ4v) is 1.83. The second-order valence-corrected chi connectivity index (χ2v) is 4.63. The largest absolute Gasteiger partial charge is 0.489 e. The van der Waals surface area contributed by atoms with E-state index in [1.54, 1.807) is 4.68 Å². The SMILES string of the molecule is CCCNCc1ccc(OCc2cnn(C)c2)cc1. The van der Waals surface area contributed by atoms with Gasteiger partial charge in [-0.15, -0.1) is 0 Å². The van der Waals surface area contributed by atoms with Gasteiger partial charge < -0.3 is 10.1 Å². The first-order chi connectivity index (χ1) is 9.28. The summed E-state index contributed by atoms with van der Waals surface area (Å²) in [7, 11) is 1.90. The maximum absolute atomic E-state index is 5.71. The average Bonchev–Trinajstić information content (AvgIpc) is 2.84. The lowest BCUT2D eigenvalue weighted by molar-refractivity contribution is 0.306. The lowest BCUT2D eigenvalue weighted by Gasteiger charge is -2.07. The van der Waals surface area contributed by atoms with Gasteiger partial charge in [-0.2, -0.15) is 5.10 Å². The highest BCUT2D eigenvalue weighted by molar-refractivity contribution is 5.27. The molecule has 0 radical (unpaired) electrons. The van der Waals surface area contributed by atoms with Gasteiger partial charge in [-0.05, 0) is 30.7 Å². The number of hydrogen-bond acceptors (Lipinski definition) is 3. The van der Waals surface area contributed by atoms with Crippen molar-refractivity contribution in [3.63, 3.8) is 0 Å². The third kappa shape index (κ3) is 4.41. The van der Waals surface area contributed by atoms with Crippen LogP contribution < -0.4 is 10.1 Å². The van der Waals surface area contributed by atoms with E-state index in [4.69, 9.17) is 4.74 Å². The van der Waals surface area contributed by atoms with Crippen LogP contribution in [-0.2, 0) is 20.2 Å². The molecular formula is C15H21N3O. The van der Waals surface area contributed by atoms with E-state index in [2.05, 4.69) is 29.5 Å². The second kappa shape index (κ2) is 6.95. The Morgan fingerprint density at radius 1 is 1.21 bits per heavy atom. The van der Waals surface area contributed by atoms with Gasteiger partial charge in [-0.1, -0.05) is 19.1 Å². The number of nitrogens with one attached hydrogen (secondary N) is 1. The molecule has 0 aliphatic heterocycles. The molecule has 0 bridgehead atoms. The van der Waals surface area contributed by atoms with E-state index >= 15 is 0 Å². The molecule has 1 aromatic carbocycles. The van der Waals surface area contributed by atoms with Gasteiger partial charge in [0.05, 0.1) is 6.20 Å². The standard InChI is InChI=1S/C15H21N3O/c1-3-8-16-9-13-4-6-15(7-5-13)19-12-14-10-17-18(2)11-14/h4-7,10-11,16H,3,8-9,12H2,1-2H3. The number of ether oxygens (including phenoxy) is 1. The highest BCUT2D eigenvalue weighted by atomic mass is 16.5. The molecule has 19 heavy (non-hydrogen) atoms. The lowest BCUT2D eigenvalue weighted by Crippen LogP contribution is -2.13. The quantitative estimate of drug-likeness (QED) is 0.776. The minimum atomic E-state index is 0.557. The van der Waals surface area contributed by atoms with Crippen molar-refractivity contribution in [1.29, 1.82) is 0 Å². The van der Waals surface area contributed by atoms with Crippen LogP contribution in [0, 0.1) is 0 Å². The third-order valence-electron chi connectivity index (χ3n) is 2.84. The Bertz CT molecular complexity index is 490. The molecule has 0 spiro atoms. The highest BCUT2D eigenvalue weighted by Gasteiger charge is 1.99. The zero-order chi connectivity index (χ0) is 13.5. The van der Waals surface area contributed by atoms with Crippen LogP contribution in [0.3, 0.4) is 0 Å². The highest BCUT2D eigenvalue weighted by Crippen LogP contribution is 2.14. The van der Waals surface area contributed by atoms with Crippen molar-refractivity contribution in [3.05, 3.63) is 47.8 Å². The molecule has 102 valence electrons. The summed E-state index contributed by atoms with van der Waals surface area (Å²) in [4.78, 5) is 0. The Labute approximate surface area is 114 Å². The van der Waals surface area contributed by atoms with Crippen LogP contribution in [0.15, 0.2) is 36.7 Å². The van der Waals surface area contributed by atoms with Gasteiger partial charge in [-0.25, -0.2) is 0 Å². The van der Waals surface area contributed by atoms with E-state index in [9.17, 15) is 0 Å². The van der Waals surface area contributed by atoms with Crippen molar-refractivity contribution in [2.24, 2.45) is 7.05 Å². The van der Waals surface area contributed by atoms with Crippen LogP contribution in [0.5, 0.6) is 5.75 Å². The van der Waals surface area contributed by atoms with E-state index < -0.39 is 0 Å². The molecule has 1 aromatic heterocycles. The van der Waals surface area contributed by atoms with Crippen molar-refractivity contribution in [3.8, 4) is 5.75 Å². The van der Waals surface area contributed by atoms with Gasteiger partial charge in [-0.3, -0.25) is 4.68 Å². The number of rotatable bonds is 7. The molecule has 0 aliphatic carbocycles. The molecule has 2 aromatic rings. The molecule has 0 unspecified atom stereocenters. The Kier molecular flexibility index (Phi) is 4.98. The topological polar surface area (TPSA) is 39.1 Å². The van der Waals surface area contributed by atoms with Crippen LogP contribution >= 0.6 is 0 Å². The van der Waals surface area contributed by atoms with Gasteiger partial charge in [0.1, 0.15) is 12.4 Å². The Hall–Kier alpha value is -1.81. The van der Waals surface area contributed by atoms with E-state index in [1.807, 2.05) is 31.6 Å². The summed E-state index contributed by atoms with van der Waals surface area (Å²) in [6.45, 7) is 4.69. The Balaban J connectivity index is 1.81. The Morgan fingerprint density at radius 3 is 2.63 bits per heavy atom. The first-order valence-electron chi connectivity index (χ1n) is 6.68. The molecule has 2 rings (SSSR count). The number of aromatic nitrogens is 2. The van der Waals surface area contributed by atoms with E-state index in [-0.39, 0.29) is 0 Å². The van der Waals surface area contributed by atoms with E-state index in [0.29, 0.717) is 6.61 Å². The third-order valence-corrected chi connectivity index (χ3v) is 2.84. The summed E-state index contributed by atoms with van der Waals surface area (Å²) in [5, 5.41) is 7.49. The molecule has 4 nitrogen and oxygen atoms in total. The molecule has 0 aliphatic rings. The molecule has 0 fully saturated rings. The molecule has 0 saturated carbocycles. The van der Waals surface area contributed by atoms with Crippen molar-refractivity contribution < 1.29 is 4.74 Å². The van der Waals surface area contributed by atoms with Gasteiger partial charge in [0, 0.05) is 25.4 Å². The first kappa shape index (κ1) is 13.6. The molecule has 1 heterocycles. The van der Waals surface area contributed by atoms with E-state index in [1.165, 1.54) is 5.56 Å². The van der Waals surface area contributed by atoms with E-state index in [0.717, 1.165) is 30.8 Å². The van der Waals surface area contributed by atoms with Crippen LogP contribution in [0.4, 0.5) is 0 Å². The minimum Gasteiger partial charge on any atom is -0.489 e. The maximum Gasteiger partial charge on any atom is 0.119 e. The molecule has 4 heteroatoms. The van der Waals surface area contributed by atoms with Crippen molar-refractivity contribution in [2.45, 2.75) is 26.5 Å². The molecule has 1 N–H and O–H groups in total. The first-order valence-corrected chi connectivity index (χ1v) is 6.68. The number of nitrogens with zero attached hydrogens (tertiary/aromatic N) is 2. The molecule has 0 atom stereocenters.